The lowest BCUT2D eigenvalue weighted by atomic mass is 9.97. The molecule has 0 atom stereocenters. The van der Waals surface area contributed by atoms with Gasteiger partial charge in [-0.25, -0.2) is 0 Å². The zero-order chi connectivity index (χ0) is 15.1. The Morgan fingerprint density at radius 1 is 1.05 bits per heavy atom. The lowest BCUT2D eigenvalue weighted by molar-refractivity contribution is -0.134. The van der Waals surface area contributed by atoms with Crippen molar-refractivity contribution in [1.82, 2.24) is 10.2 Å². The predicted octanol–water partition coefficient (Wildman–Crippen LogP) is 1.27. The lowest BCUT2D eigenvalue weighted by Gasteiger charge is -2.31. The number of nitrogens with zero attached hydrogens (tertiary/aromatic N) is 1. The first-order valence-corrected chi connectivity index (χ1v) is 8.43. The molecule has 2 aliphatic rings. The Bertz CT molecular complexity index is 345. The molecule has 2 fully saturated rings. The molecule has 0 bridgehead atoms. The van der Waals surface area contributed by atoms with E-state index in [4.69, 9.17) is 5.73 Å². The molecule has 0 aromatic heterocycles. The van der Waals surface area contributed by atoms with E-state index in [2.05, 4.69) is 5.32 Å². The van der Waals surface area contributed by atoms with Crippen LogP contribution >= 0.6 is 0 Å². The standard InChI is InChI=1S/C16H29N3O2/c17-11-14-7-9-19(10-8-14)16(21)12-18-15(20)6-5-13-3-1-2-4-13/h13-14H,1-12,17H2,(H,18,20). The summed E-state index contributed by atoms with van der Waals surface area (Å²) >= 11 is 0. The molecule has 1 aliphatic heterocycles. The highest BCUT2D eigenvalue weighted by Crippen LogP contribution is 2.28. The molecule has 1 heterocycles. The molecule has 0 radical (unpaired) electrons. The van der Waals surface area contributed by atoms with Crippen molar-refractivity contribution in [3.63, 3.8) is 0 Å². The molecule has 2 rings (SSSR count). The van der Waals surface area contributed by atoms with Crippen molar-refractivity contribution in [2.45, 2.75) is 51.4 Å². The summed E-state index contributed by atoms with van der Waals surface area (Å²) in [5, 5.41) is 2.77. The fourth-order valence-corrected chi connectivity index (χ4v) is 3.43. The van der Waals surface area contributed by atoms with E-state index in [9.17, 15) is 9.59 Å². The number of amides is 2. The zero-order valence-corrected chi connectivity index (χ0v) is 13.0. The Morgan fingerprint density at radius 3 is 2.33 bits per heavy atom. The van der Waals surface area contributed by atoms with Gasteiger partial charge in [-0.3, -0.25) is 9.59 Å². The Balaban J connectivity index is 1.58. The minimum Gasteiger partial charge on any atom is -0.347 e. The summed E-state index contributed by atoms with van der Waals surface area (Å²) in [6.07, 6.45) is 8.66. The van der Waals surface area contributed by atoms with Crippen LogP contribution in [0.25, 0.3) is 0 Å². The van der Waals surface area contributed by atoms with Gasteiger partial charge < -0.3 is 16.0 Å². The topological polar surface area (TPSA) is 75.4 Å². The van der Waals surface area contributed by atoms with E-state index >= 15 is 0 Å². The number of piperidine rings is 1. The van der Waals surface area contributed by atoms with Gasteiger partial charge in [-0.1, -0.05) is 25.7 Å². The molecule has 1 saturated carbocycles. The molecule has 1 aliphatic carbocycles. The summed E-state index contributed by atoms with van der Waals surface area (Å²) in [6, 6.07) is 0. The fourth-order valence-electron chi connectivity index (χ4n) is 3.43. The zero-order valence-electron chi connectivity index (χ0n) is 13.0. The average Bonchev–Trinajstić information content (AvgIpc) is 3.04. The van der Waals surface area contributed by atoms with Gasteiger partial charge in [-0.15, -0.1) is 0 Å². The number of nitrogens with two attached hydrogens (primary N) is 1. The number of rotatable bonds is 6. The van der Waals surface area contributed by atoms with E-state index in [-0.39, 0.29) is 18.4 Å². The minimum absolute atomic E-state index is 0.0205. The number of hydrogen-bond donors (Lipinski definition) is 2. The van der Waals surface area contributed by atoms with Gasteiger partial charge in [0.2, 0.25) is 11.8 Å². The average molecular weight is 295 g/mol. The van der Waals surface area contributed by atoms with Crippen LogP contribution in [0.2, 0.25) is 0 Å². The summed E-state index contributed by atoms with van der Waals surface area (Å²) < 4.78 is 0. The number of carbonyl (C=O) groups excluding carboxylic acids is 2. The minimum atomic E-state index is 0.0205. The maximum atomic E-state index is 12.0. The predicted molar refractivity (Wildman–Crippen MR) is 82.6 cm³/mol. The highest BCUT2D eigenvalue weighted by molar-refractivity contribution is 5.84. The van der Waals surface area contributed by atoms with Gasteiger partial charge in [-0.05, 0) is 37.6 Å². The second-order valence-electron chi connectivity index (χ2n) is 6.53. The van der Waals surface area contributed by atoms with Crippen LogP contribution in [0.15, 0.2) is 0 Å². The molecular formula is C16H29N3O2. The van der Waals surface area contributed by atoms with Crippen LogP contribution in [0.5, 0.6) is 0 Å². The first-order chi connectivity index (χ1) is 10.2. The van der Waals surface area contributed by atoms with Gasteiger partial charge in [0.05, 0.1) is 6.54 Å². The normalized spacial score (nSPS) is 20.7. The summed E-state index contributed by atoms with van der Waals surface area (Å²) in [7, 11) is 0. The van der Waals surface area contributed by atoms with E-state index < -0.39 is 0 Å². The van der Waals surface area contributed by atoms with Crippen molar-refractivity contribution in [2.24, 2.45) is 17.6 Å². The first-order valence-electron chi connectivity index (χ1n) is 8.43. The smallest absolute Gasteiger partial charge is 0.241 e. The monoisotopic (exact) mass is 295 g/mol. The van der Waals surface area contributed by atoms with Crippen LogP contribution < -0.4 is 11.1 Å². The van der Waals surface area contributed by atoms with Gasteiger partial charge >= 0.3 is 0 Å². The number of carbonyl (C=O) groups is 2. The summed E-state index contributed by atoms with van der Waals surface area (Å²) in [6.45, 7) is 2.41. The molecule has 120 valence electrons. The molecule has 21 heavy (non-hydrogen) atoms. The molecule has 0 unspecified atom stereocenters. The van der Waals surface area contributed by atoms with Crippen LogP contribution in [-0.2, 0) is 9.59 Å². The van der Waals surface area contributed by atoms with Crippen molar-refractivity contribution in [1.29, 1.82) is 0 Å². The van der Waals surface area contributed by atoms with E-state index in [0.717, 1.165) is 38.3 Å². The fraction of sp³-hybridized carbons (Fsp3) is 0.875. The second-order valence-corrected chi connectivity index (χ2v) is 6.53. The van der Waals surface area contributed by atoms with Crippen molar-refractivity contribution in [3.05, 3.63) is 0 Å². The molecule has 0 aromatic rings. The van der Waals surface area contributed by atoms with Gasteiger partial charge in [-0.2, -0.15) is 0 Å². The summed E-state index contributed by atoms with van der Waals surface area (Å²) in [5.74, 6) is 1.34. The summed E-state index contributed by atoms with van der Waals surface area (Å²) in [4.78, 5) is 25.7. The van der Waals surface area contributed by atoms with Crippen molar-refractivity contribution in [2.75, 3.05) is 26.2 Å². The van der Waals surface area contributed by atoms with Crippen molar-refractivity contribution >= 4 is 11.8 Å². The largest absolute Gasteiger partial charge is 0.347 e. The molecule has 3 N–H and O–H groups in total. The second kappa shape index (κ2) is 8.37. The highest BCUT2D eigenvalue weighted by atomic mass is 16.2. The maximum Gasteiger partial charge on any atom is 0.241 e. The molecular weight excluding hydrogens is 266 g/mol. The van der Waals surface area contributed by atoms with Gasteiger partial charge in [0.25, 0.3) is 0 Å². The van der Waals surface area contributed by atoms with E-state index in [1.165, 1.54) is 25.7 Å². The Hall–Kier alpha value is -1.10. The molecule has 2 amide bonds. The van der Waals surface area contributed by atoms with Crippen molar-refractivity contribution < 1.29 is 9.59 Å². The molecule has 0 spiro atoms. The first kappa shape index (κ1) is 16.3. The molecule has 1 saturated heterocycles. The maximum absolute atomic E-state index is 12.0. The van der Waals surface area contributed by atoms with E-state index in [1.807, 2.05) is 4.90 Å². The molecule has 5 nitrogen and oxygen atoms in total. The van der Waals surface area contributed by atoms with Crippen molar-refractivity contribution in [3.8, 4) is 0 Å². The van der Waals surface area contributed by atoms with Crippen LogP contribution in [0.1, 0.15) is 51.4 Å². The van der Waals surface area contributed by atoms with Crippen LogP contribution in [0, 0.1) is 11.8 Å². The SMILES string of the molecule is NCC1CCN(C(=O)CNC(=O)CCC2CCCC2)CC1. The third-order valence-corrected chi connectivity index (χ3v) is 4.99. The molecule has 0 aromatic carbocycles. The number of nitrogens with one attached hydrogen (secondary N) is 1. The quantitative estimate of drug-likeness (QED) is 0.775. The van der Waals surface area contributed by atoms with Crippen LogP contribution in [-0.4, -0.2) is 42.9 Å². The van der Waals surface area contributed by atoms with Gasteiger partial charge in [0, 0.05) is 19.5 Å². The van der Waals surface area contributed by atoms with E-state index in [0.29, 0.717) is 18.9 Å². The Labute approximate surface area is 127 Å². The molecule has 5 heteroatoms. The Kier molecular flexibility index (Phi) is 6.49. The van der Waals surface area contributed by atoms with Crippen LogP contribution in [0.3, 0.4) is 0 Å². The van der Waals surface area contributed by atoms with Gasteiger partial charge in [0.1, 0.15) is 0 Å². The third-order valence-electron chi connectivity index (χ3n) is 4.99. The number of hydrogen-bond acceptors (Lipinski definition) is 3. The highest BCUT2D eigenvalue weighted by Gasteiger charge is 2.22. The third kappa shape index (κ3) is 5.30. The lowest BCUT2D eigenvalue weighted by Crippen LogP contribution is -2.44. The van der Waals surface area contributed by atoms with Gasteiger partial charge in [0.15, 0.2) is 0 Å². The Morgan fingerprint density at radius 2 is 1.71 bits per heavy atom. The van der Waals surface area contributed by atoms with Crippen LogP contribution in [0.4, 0.5) is 0 Å². The summed E-state index contributed by atoms with van der Waals surface area (Å²) in [5.41, 5.74) is 5.65. The number of likely N-dealkylation sites (tertiary alicyclic amines) is 1. The van der Waals surface area contributed by atoms with E-state index in [1.54, 1.807) is 0 Å².